The number of nitrogens with one attached hydrogen (secondary N) is 2. The van der Waals surface area contributed by atoms with Crippen molar-refractivity contribution in [3.63, 3.8) is 0 Å². The Balaban J connectivity index is 2.19. The fourth-order valence-corrected chi connectivity index (χ4v) is 2.70. The predicted octanol–water partition coefficient (Wildman–Crippen LogP) is 1.91. The van der Waals surface area contributed by atoms with E-state index in [1.54, 1.807) is 6.08 Å². The maximum Gasteiger partial charge on any atom is 0.287 e. The first-order valence-corrected chi connectivity index (χ1v) is 8.31. The van der Waals surface area contributed by atoms with Crippen molar-refractivity contribution in [3.8, 4) is 0 Å². The van der Waals surface area contributed by atoms with E-state index in [1.807, 2.05) is 4.57 Å². The summed E-state index contributed by atoms with van der Waals surface area (Å²) < 4.78 is 1.89. The molecule has 0 saturated heterocycles. The molecule has 2 rings (SSSR count). The summed E-state index contributed by atoms with van der Waals surface area (Å²) in [6, 6.07) is 0. The van der Waals surface area contributed by atoms with Crippen molar-refractivity contribution >= 4 is 11.8 Å². The second kappa shape index (κ2) is 7.94. The zero-order valence-electron chi connectivity index (χ0n) is 14.0. The Kier molecular flexibility index (Phi) is 5.96. The quantitative estimate of drug-likeness (QED) is 0.754. The molecule has 126 valence electrons. The molecule has 2 N–H and O–H groups in total. The number of carbonyl (C=O) groups excluding carboxylic acids is 2. The maximum absolute atomic E-state index is 12.4. The van der Waals surface area contributed by atoms with Gasteiger partial charge in [-0.3, -0.25) is 9.59 Å². The molecule has 0 aliphatic carbocycles. The molecule has 2 amide bonds. The number of aromatic nitrogens is 2. The van der Waals surface area contributed by atoms with Gasteiger partial charge in [-0.2, -0.15) is 0 Å². The summed E-state index contributed by atoms with van der Waals surface area (Å²) in [7, 11) is 0. The van der Waals surface area contributed by atoms with Crippen LogP contribution in [0.3, 0.4) is 0 Å². The first-order chi connectivity index (χ1) is 11.0. The second-order valence-corrected chi connectivity index (χ2v) is 6.28. The first kappa shape index (κ1) is 17.2. The molecule has 1 aliphatic heterocycles. The molecule has 2 heterocycles. The third-order valence-corrected chi connectivity index (χ3v) is 3.95. The average Bonchev–Trinajstić information content (AvgIpc) is 2.92. The van der Waals surface area contributed by atoms with Gasteiger partial charge in [0.1, 0.15) is 5.69 Å². The number of rotatable bonds is 7. The number of nitrogens with zero attached hydrogens (tertiary/aromatic N) is 2. The normalized spacial score (nSPS) is 13.5. The van der Waals surface area contributed by atoms with E-state index in [0.717, 1.165) is 37.9 Å². The molecule has 1 aromatic rings. The van der Waals surface area contributed by atoms with Crippen molar-refractivity contribution in [2.75, 3.05) is 13.1 Å². The Morgan fingerprint density at radius 2 is 2.09 bits per heavy atom. The lowest BCUT2D eigenvalue weighted by Crippen LogP contribution is -2.28. The highest BCUT2D eigenvalue weighted by Gasteiger charge is 2.27. The molecule has 0 spiro atoms. The van der Waals surface area contributed by atoms with E-state index < -0.39 is 0 Å². The van der Waals surface area contributed by atoms with Crippen molar-refractivity contribution in [1.29, 1.82) is 0 Å². The van der Waals surface area contributed by atoms with Gasteiger partial charge in [0.15, 0.2) is 5.82 Å². The van der Waals surface area contributed by atoms with Gasteiger partial charge in [-0.15, -0.1) is 6.58 Å². The molecule has 0 fully saturated rings. The summed E-state index contributed by atoms with van der Waals surface area (Å²) in [6.45, 7) is 9.57. The minimum absolute atomic E-state index is 0.181. The van der Waals surface area contributed by atoms with Gasteiger partial charge < -0.3 is 15.2 Å². The van der Waals surface area contributed by atoms with Gasteiger partial charge in [-0.05, 0) is 31.6 Å². The number of carbonyl (C=O) groups is 2. The van der Waals surface area contributed by atoms with Crippen LogP contribution in [0.25, 0.3) is 0 Å². The lowest BCUT2D eigenvalue weighted by molar-refractivity contribution is 0.0941. The third kappa shape index (κ3) is 4.21. The first-order valence-electron chi connectivity index (χ1n) is 8.31. The second-order valence-electron chi connectivity index (χ2n) is 6.28. The van der Waals surface area contributed by atoms with Gasteiger partial charge in [0.05, 0.1) is 5.69 Å². The minimum atomic E-state index is -0.255. The van der Waals surface area contributed by atoms with Gasteiger partial charge in [-0.25, -0.2) is 4.98 Å². The molecule has 23 heavy (non-hydrogen) atoms. The van der Waals surface area contributed by atoms with Crippen LogP contribution in [-0.4, -0.2) is 34.5 Å². The third-order valence-electron chi connectivity index (χ3n) is 3.95. The van der Waals surface area contributed by atoms with Crippen molar-refractivity contribution in [2.24, 2.45) is 5.92 Å². The van der Waals surface area contributed by atoms with Gasteiger partial charge in [0.25, 0.3) is 11.8 Å². The predicted molar refractivity (Wildman–Crippen MR) is 89.5 cm³/mol. The standard InChI is InChI=1S/C17H26N4O2/c1-4-9-18-17(23)15-20-14(13-7-5-6-11-21(13)15)16(22)19-10-8-12(2)3/h4,12H,1,5-11H2,2-3H3,(H,18,23)(H,19,22). The van der Waals surface area contributed by atoms with Crippen LogP contribution in [-0.2, 0) is 13.0 Å². The van der Waals surface area contributed by atoms with Crippen LogP contribution in [0, 0.1) is 5.92 Å². The Morgan fingerprint density at radius 1 is 1.30 bits per heavy atom. The van der Waals surface area contributed by atoms with Crippen molar-refractivity contribution < 1.29 is 9.59 Å². The molecule has 0 saturated carbocycles. The van der Waals surface area contributed by atoms with E-state index in [4.69, 9.17) is 0 Å². The molecule has 0 bridgehead atoms. The highest BCUT2D eigenvalue weighted by molar-refractivity contribution is 5.97. The molecule has 1 aliphatic rings. The van der Waals surface area contributed by atoms with Gasteiger partial charge in [-0.1, -0.05) is 19.9 Å². The lowest BCUT2D eigenvalue weighted by Gasteiger charge is -2.17. The van der Waals surface area contributed by atoms with Crippen molar-refractivity contribution in [1.82, 2.24) is 20.2 Å². The molecular weight excluding hydrogens is 292 g/mol. The molecule has 0 unspecified atom stereocenters. The zero-order valence-corrected chi connectivity index (χ0v) is 14.0. The van der Waals surface area contributed by atoms with Crippen LogP contribution in [0.15, 0.2) is 12.7 Å². The largest absolute Gasteiger partial charge is 0.351 e. The van der Waals surface area contributed by atoms with E-state index in [0.29, 0.717) is 30.5 Å². The van der Waals surface area contributed by atoms with Crippen LogP contribution in [0.2, 0.25) is 0 Å². The summed E-state index contributed by atoms with van der Waals surface area (Å²) in [4.78, 5) is 29.0. The van der Waals surface area contributed by atoms with Crippen molar-refractivity contribution in [3.05, 3.63) is 29.9 Å². The summed E-state index contributed by atoms with van der Waals surface area (Å²) in [6.07, 6.45) is 5.35. The smallest absolute Gasteiger partial charge is 0.287 e. The topological polar surface area (TPSA) is 76.0 Å². The van der Waals surface area contributed by atoms with E-state index in [9.17, 15) is 9.59 Å². The van der Waals surface area contributed by atoms with Crippen LogP contribution >= 0.6 is 0 Å². The molecule has 0 atom stereocenters. The van der Waals surface area contributed by atoms with E-state index in [2.05, 4.69) is 36.0 Å². The number of imidazole rings is 1. The van der Waals surface area contributed by atoms with E-state index in [1.165, 1.54) is 0 Å². The Hall–Kier alpha value is -2.11. The molecular formula is C17H26N4O2. The summed E-state index contributed by atoms with van der Waals surface area (Å²) in [5.74, 6) is 0.426. The fraction of sp³-hybridized carbons (Fsp3) is 0.588. The van der Waals surface area contributed by atoms with Gasteiger partial charge >= 0.3 is 0 Å². The molecule has 0 aromatic carbocycles. The van der Waals surface area contributed by atoms with Crippen LogP contribution < -0.4 is 10.6 Å². The van der Waals surface area contributed by atoms with Gasteiger partial charge in [0.2, 0.25) is 0 Å². The summed E-state index contributed by atoms with van der Waals surface area (Å²) >= 11 is 0. The summed E-state index contributed by atoms with van der Waals surface area (Å²) in [5, 5.41) is 5.65. The Bertz CT molecular complexity index is 590. The maximum atomic E-state index is 12.4. The molecule has 1 aromatic heterocycles. The molecule has 6 heteroatoms. The highest BCUT2D eigenvalue weighted by atomic mass is 16.2. The number of amides is 2. The summed E-state index contributed by atoms with van der Waals surface area (Å²) in [5.41, 5.74) is 1.28. The fourth-order valence-electron chi connectivity index (χ4n) is 2.70. The Labute approximate surface area is 137 Å². The lowest BCUT2D eigenvalue weighted by atomic mass is 10.1. The zero-order chi connectivity index (χ0) is 16.8. The van der Waals surface area contributed by atoms with E-state index >= 15 is 0 Å². The number of hydrogen-bond acceptors (Lipinski definition) is 3. The van der Waals surface area contributed by atoms with E-state index in [-0.39, 0.29) is 11.8 Å². The average molecular weight is 318 g/mol. The Morgan fingerprint density at radius 3 is 2.78 bits per heavy atom. The SMILES string of the molecule is C=CCNC(=O)c1nc(C(=O)NCCC(C)C)c2n1CCCC2. The van der Waals surface area contributed by atoms with Gasteiger partial charge in [0, 0.05) is 19.6 Å². The monoisotopic (exact) mass is 318 g/mol. The van der Waals surface area contributed by atoms with Crippen LogP contribution in [0.1, 0.15) is 59.9 Å². The van der Waals surface area contributed by atoms with Crippen LogP contribution in [0.4, 0.5) is 0 Å². The molecule has 6 nitrogen and oxygen atoms in total. The van der Waals surface area contributed by atoms with Crippen LogP contribution in [0.5, 0.6) is 0 Å². The highest BCUT2D eigenvalue weighted by Crippen LogP contribution is 2.21. The molecule has 0 radical (unpaired) electrons. The minimum Gasteiger partial charge on any atom is -0.351 e. The van der Waals surface area contributed by atoms with Crippen molar-refractivity contribution in [2.45, 2.75) is 46.1 Å². The number of hydrogen-bond donors (Lipinski definition) is 2. The number of fused-ring (bicyclic) bond motifs is 1.